The van der Waals surface area contributed by atoms with Crippen LogP contribution >= 0.6 is 0 Å². The zero-order chi connectivity index (χ0) is 17.5. The number of carbonyl (C=O) groups excluding carboxylic acids is 1. The minimum Gasteiger partial charge on any atom is -0.321 e. The second-order valence-electron chi connectivity index (χ2n) is 6.10. The topological polar surface area (TPSA) is 83.6 Å². The molecule has 0 saturated heterocycles. The van der Waals surface area contributed by atoms with Crippen molar-refractivity contribution < 1.29 is 4.79 Å². The average Bonchev–Trinajstić information content (AvgIpc) is 3.26. The number of rotatable bonds is 2. The Balaban J connectivity index is 1.57. The van der Waals surface area contributed by atoms with Gasteiger partial charge in [0.15, 0.2) is 0 Å². The van der Waals surface area contributed by atoms with E-state index in [0.29, 0.717) is 5.57 Å². The molecule has 1 amide bonds. The van der Waals surface area contributed by atoms with Crippen LogP contribution in [-0.2, 0) is 4.79 Å². The molecule has 26 heavy (non-hydrogen) atoms. The number of hydrogen-bond donors (Lipinski definition) is 2. The molecule has 0 bridgehead atoms. The molecule has 1 aliphatic heterocycles. The third-order valence-corrected chi connectivity index (χ3v) is 4.46. The molecule has 2 aromatic heterocycles. The van der Waals surface area contributed by atoms with Crippen molar-refractivity contribution in [3.05, 3.63) is 72.1 Å². The van der Waals surface area contributed by atoms with Crippen LogP contribution in [0.1, 0.15) is 11.1 Å². The van der Waals surface area contributed by atoms with E-state index in [9.17, 15) is 4.79 Å². The predicted molar refractivity (Wildman–Crippen MR) is 100 cm³/mol. The van der Waals surface area contributed by atoms with Crippen LogP contribution in [0.4, 0.5) is 5.69 Å². The number of carbonyl (C=O) groups is 1. The van der Waals surface area contributed by atoms with Gasteiger partial charge in [0.05, 0.1) is 5.52 Å². The van der Waals surface area contributed by atoms with E-state index in [1.165, 1.54) is 0 Å². The largest absolute Gasteiger partial charge is 0.321 e. The minimum absolute atomic E-state index is 0.108. The zero-order valence-electron chi connectivity index (χ0n) is 13.6. The van der Waals surface area contributed by atoms with Crippen molar-refractivity contribution in [1.82, 2.24) is 20.4 Å². The van der Waals surface area contributed by atoms with Gasteiger partial charge in [-0.1, -0.05) is 29.5 Å². The third-order valence-electron chi connectivity index (χ3n) is 4.46. The first-order valence-corrected chi connectivity index (χ1v) is 8.17. The van der Waals surface area contributed by atoms with Gasteiger partial charge in [-0.25, -0.2) is 0 Å². The van der Waals surface area contributed by atoms with Gasteiger partial charge in [0.1, 0.15) is 5.52 Å². The number of fused-ring (bicyclic) bond motifs is 2. The van der Waals surface area contributed by atoms with Crippen LogP contribution < -0.4 is 5.32 Å². The van der Waals surface area contributed by atoms with E-state index < -0.39 is 0 Å². The van der Waals surface area contributed by atoms with Gasteiger partial charge in [0, 0.05) is 34.8 Å². The molecular weight excluding hydrogens is 326 g/mol. The summed E-state index contributed by atoms with van der Waals surface area (Å²) in [5, 5.41) is 13.6. The van der Waals surface area contributed by atoms with Crippen molar-refractivity contribution in [2.75, 3.05) is 5.32 Å². The van der Waals surface area contributed by atoms with Gasteiger partial charge in [-0.15, -0.1) is 5.10 Å². The van der Waals surface area contributed by atoms with E-state index in [-0.39, 0.29) is 5.91 Å². The number of aromatic amines is 1. The second-order valence-corrected chi connectivity index (χ2v) is 6.10. The zero-order valence-corrected chi connectivity index (χ0v) is 13.6. The van der Waals surface area contributed by atoms with Crippen LogP contribution in [0.5, 0.6) is 0 Å². The first kappa shape index (κ1) is 14.5. The van der Waals surface area contributed by atoms with Crippen molar-refractivity contribution in [3.63, 3.8) is 0 Å². The average molecular weight is 339 g/mol. The Morgan fingerprint density at radius 3 is 2.85 bits per heavy atom. The van der Waals surface area contributed by atoms with E-state index in [1.54, 1.807) is 6.20 Å². The summed E-state index contributed by atoms with van der Waals surface area (Å²) in [7, 11) is 0. The molecule has 124 valence electrons. The Morgan fingerprint density at radius 1 is 1.00 bits per heavy atom. The Labute approximate surface area is 148 Å². The van der Waals surface area contributed by atoms with Crippen LogP contribution in [0, 0.1) is 0 Å². The summed E-state index contributed by atoms with van der Waals surface area (Å²) < 4.78 is 0. The lowest BCUT2D eigenvalue weighted by molar-refractivity contribution is -0.110. The number of amides is 1. The molecule has 6 nitrogen and oxygen atoms in total. The van der Waals surface area contributed by atoms with Gasteiger partial charge in [-0.05, 0) is 41.5 Å². The SMILES string of the molecule is O=C1Nc2cc(-c3cccnc3)ccc2C1=Cc1ccc2[nH]nnc2c1. The highest BCUT2D eigenvalue weighted by atomic mass is 16.2. The molecule has 2 N–H and O–H groups in total. The highest BCUT2D eigenvalue weighted by molar-refractivity contribution is 6.35. The fourth-order valence-electron chi connectivity index (χ4n) is 3.17. The second kappa shape index (κ2) is 5.63. The number of anilines is 1. The lowest BCUT2D eigenvalue weighted by atomic mass is 10.00. The number of hydrogen-bond acceptors (Lipinski definition) is 4. The quantitative estimate of drug-likeness (QED) is 0.547. The molecule has 0 radical (unpaired) electrons. The number of aromatic nitrogens is 4. The monoisotopic (exact) mass is 339 g/mol. The molecule has 0 spiro atoms. The van der Waals surface area contributed by atoms with Crippen molar-refractivity contribution in [2.24, 2.45) is 0 Å². The molecule has 0 saturated carbocycles. The van der Waals surface area contributed by atoms with Crippen LogP contribution in [0.25, 0.3) is 33.8 Å². The summed E-state index contributed by atoms with van der Waals surface area (Å²) in [5.41, 5.74) is 6.91. The Morgan fingerprint density at radius 2 is 1.96 bits per heavy atom. The van der Waals surface area contributed by atoms with Gasteiger partial charge in [0.2, 0.25) is 0 Å². The van der Waals surface area contributed by atoms with E-state index >= 15 is 0 Å². The molecule has 3 heterocycles. The maximum atomic E-state index is 12.5. The first-order chi connectivity index (χ1) is 12.8. The van der Waals surface area contributed by atoms with Gasteiger partial charge < -0.3 is 5.32 Å². The van der Waals surface area contributed by atoms with Gasteiger partial charge in [-0.3, -0.25) is 14.9 Å². The van der Waals surface area contributed by atoms with Crippen molar-refractivity contribution in [1.29, 1.82) is 0 Å². The van der Waals surface area contributed by atoms with E-state index in [4.69, 9.17) is 0 Å². The highest BCUT2D eigenvalue weighted by Gasteiger charge is 2.24. The fraction of sp³-hybridized carbons (Fsp3) is 0. The summed E-state index contributed by atoms with van der Waals surface area (Å²) in [4.78, 5) is 16.6. The lowest BCUT2D eigenvalue weighted by Crippen LogP contribution is -2.03. The maximum absolute atomic E-state index is 12.5. The number of H-pyrrole nitrogens is 1. The van der Waals surface area contributed by atoms with Gasteiger partial charge >= 0.3 is 0 Å². The number of benzene rings is 2. The molecule has 6 heteroatoms. The molecule has 0 fully saturated rings. The Bertz CT molecular complexity index is 1180. The van der Waals surface area contributed by atoms with E-state index in [1.807, 2.05) is 60.8 Å². The van der Waals surface area contributed by atoms with Crippen LogP contribution in [-0.4, -0.2) is 26.3 Å². The van der Waals surface area contributed by atoms with Crippen LogP contribution in [0.2, 0.25) is 0 Å². The molecule has 0 atom stereocenters. The number of pyridine rings is 1. The van der Waals surface area contributed by atoms with Crippen LogP contribution in [0.15, 0.2) is 60.9 Å². The van der Waals surface area contributed by atoms with E-state index in [0.717, 1.165) is 39.0 Å². The summed E-state index contributed by atoms with van der Waals surface area (Å²) in [6, 6.07) is 15.6. The summed E-state index contributed by atoms with van der Waals surface area (Å²) in [6.45, 7) is 0. The summed E-state index contributed by atoms with van der Waals surface area (Å²) in [6.07, 6.45) is 5.42. The molecule has 2 aromatic carbocycles. The predicted octanol–water partition coefficient (Wildman–Crippen LogP) is 3.51. The van der Waals surface area contributed by atoms with Crippen molar-refractivity contribution in [3.8, 4) is 11.1 Å². The van der Waals surface area contributed by atoms with Gasteiger partial charge in [-0.2, -0.15) is 0 Å². The van der Waals surface area contributed by atoms with E-state index in [2.05, 4.69) is 25.7 Å². The van der Waals surface area contributed by atoms with Gasteiger partial charge in [0.25, 0.3) is 5.91 Å². The first-order valence-electron chi connectivity index (χ1n) is 8.17. The molecule has 1 aliphatic rings. The molecule has 0 unspecified atom stereocenters. The number of nitrogens with zero attached hydrogens (tertiary/aromatic N) is 3. The molecule has 4 aromatic rings. The highest BCUT2D eigenvalue weighted by Crippen LogP contribution is 2.36. The molecular formula is C20H13N5O. The summed E-state index contributed by atoms with van der Waals surface area (Å²) >= 11 is 0. The minimum atomic E-state index is -0.108. The Kier molecular flexibility index (Phi) is 3.15. The van der Waals surface area contributed by atoms with Crippen LogP contribution in [0.3, 0.4) is 0 Å². The normalized spacial score (nSPS) is 14.6. The molecule has 0 aliphatic carbocycles. The maximum Gasteiger partial charge on any atom is 0.256 e. The summed E-state index contributed by atoms with van der Waals surface area (Å²) in [5.74, 6) is -0.108. The molecule has 5 rings (SSSR count). The number of nitrogens with one attached hydrogen (secondary N) is 2. The lowest BCUT2D eigenvalue weighted by Gasteiger charge is -2.04. The smallest absolute Gasteiger partial charge is 0.256 e. The fourth-order valence-corrected chi connectivity index (χ4v) is 3.17. The Hall–Kier alpha value is -3.80. The standard InChI is InChI=1S/C20H13N5O/c26-20-16(8-12-3-6-17-19(9-12)24-25-23-17)15-5-4-13(10-18(15)22-20)14-2-1-7-21-11-14/h1-11H,(H,22,26)(H,23,24,25). The third kappa shape index (κ3) is 2.36. The van der Waals surface area contributed by atoms with Crippen molar-refractivity contribution >= 4 is 34.3 Å². The van der Waals surface area contributed by atoms with Crippen molar-refractivity contribution in [2.45, 2.75) is 0 Å².